The van der Waals surface area contributed by atoms with Crippen LogP contribution in [0.15, 0.2) is 23.3 Å². The number of hydrogen-bond acceptors (Lipinski definition) is 5. The molecule has 0 unspecified atom stereocenters. The highest BCUT2D eigenvalue weighted by atomic mass is 16.6. The van der Waals surface area contributed by atoms with Gasteiger partial charge in [0.1, 0.15) is 0 Å². The maximum atomic E-state index is 12.7. The molecule has 0 atom stereocenters. The molecule has 1 aromatic carbocycles. The molecule has 0 heterocycles. The molecule has 0 spiro atoms. The average molecular weight is 342 g/mol. The maximum Gasteiger partial charge on any atom is 0.270 e. The van der Waals surface area contributed by atoms with Crippen molar-refractivity contribution in [1.82, 2.24) is 5.43 Å². The van der Waals surface area contributed by atoms with E-state index in [9.17, 15) is 20.0 Å². The Kier molecular flexibility index (Phi) is 3.74. The number of nitrogens with zero attached hydrogens (tertiary/aromatic N) is 2. The number of non-ortho nitro benzene ring substituents is 1. The molecule has 7 nitrogen and oxygen atoms in total. The number of amides is 1. The summed E-state index contributed by atoms with van der Waals surface area (Å²) < 4.78 is 0. The fraction of sp³-hybridized carbons (Fsp3) is 0.556. The molecule has 0 aliphatic heterocycles. The quantitative estimate of drug-likeness (QED) is 0.514. The summed E-state index contributed by atoms with van der Waals surface area (Å²) in [5.41, 5.74) is 2.20. The van der Waals surface area contributed by atoms with Crippen molar-refractivity contribution in [2.45, 2.75) is 38.5 Å². The second kappa shape index (κ2) is 5.82. The van der Waals surface area contributed by atoms with E-state index < -0.39 is 4.92 Å². The van der Waals surface area contributed by atoms with Gasteiger partial charge in [-0.1, -0.05) is 11.8 Å². The van der Waals surface area contributed by atoms with Crippen molar-refractivity contribution in [3.8, 4) is 5.75 Å². The molecule has 1 amide bonds. The minimum atomic E-state index is -0.565. The van der Waals surface area contributed by atoms with E-state index in [0.717, 1.165) is 31.4 Å². The SMILES string of the molecule is O=C(N/N=C\c1cc([N+](=O)[O-])ccc1[O-])C12CC3CC(CC(C3)C1)C2. The summed E-state index contributed by atoms with van der Waals surface area (Å²) in [5.74, 6) is 1.54. The van der Waals surface area contributed by atoms with Gasteiger partial charge in [0, 0.05) is 12.1 Å². The summed E-state index contributed by atoms with van der Waals surface area (Å²) in [7, 11) is 0. The largest absolute Gasteiger partial charge is 0.872 e. The third-order valence-corrected chi connectivity index (χ3v) is 6.09. The number of nitrogens with one attached hydrogen (secondary N) is 1. The Hall–Kier alpha value is -2.44. The number of rotatable bonds is 4. The van der Waals surface area contributed by atoms with E-state index in [4.69, 9.17) is 0 Å². The Labute approximate surface area is 145 Å². The van der Waals surface area contributed by atoms with Gasteiger partial charge in [0.2, 0.25) is 5.91 Å². The lowest BCUT2D eigenvalue weighted by atomic mass is 9.49. The van der Waals surface area contributed by atoms with Gasteiger partial charge in [-0.2, -0.15) is 5.10 Å². The van der Waals surface area contributed by atoms with E-state index in [2.05, 4.69) is 10.5 Å². The van der Waals surface area contributed by atoms with Gasteiger partial charge < -0.3 is 5.11 Å². The smallest absolute Gasteiger partial charge is 0.270 e. The molecule has 4 aliphatic carbocycles. The van der Waals surface area contributed by atoms with Gasteiger partial charge in [0.15, 0.2) is 0 Å². The van der Waals surface area contributed by atoms with Crippen LogP contribution < -0.4 is 10.5 Å². The molecular weight excluding hydrogens is 322 g/mol. The minimum absolute atomic E-state index is 0.0688. The summed E-state index contributed by atoms with van der Waals surface area (Å²) in [6.45, 7) is 0. The first-order valence-electron chi connectivity index (χ1n) is 8.74. The van der Waals surface area contributed by atoms with Crippen LogP contribution in [0.25, 0.3) is 0 Å². The molecule has 0 saturated heterocycles. The van der Waals surface area contributed by atoms with Crippen LogP contribution in [0, 0.1) is 33.3 Å². The molecule has 4 fully saturated rings. The predicted octanol–water partition coefficient (Wildman–Crippen LogP) is 2.33. The van der Waals surface area contributed by atoms with E-state index in [1.807, 2.05) is 0 Å². The lowest BCUT2D eigenvalue weighted by Crippen LogP contribution is -2.52. The molecule has 132 valence electrons. The van der Waals surface area contributed by atoms with Crippen molar-refractivity contribution in [3.05, 3.63) is 33.9 Å². The zero-order valence-corrected chi connectivity index (χ0v) is 13.8. The zero-order valence-electron chi connectivity index (χ0n) is 13.8. The van der Waals surface area contributed by atoms with Crippen molar-refractivity contribution >= 4 is 17.8 Å². The Morgan fingerprint density at radius 2 is 1.80 bits per heavy atom. The Morgan fingerprint density at radius 1 is 1.20 bits per heavy atom. The van der Waals surface area contributed by atoms with Gasteiger partial charge in [-0.05, 0) is 61.8 Å². The standard InChI is InChI=1S/C18H21N3O4/c22-16-2-1-15(21(24)25)6-14(16)10-19-20-17(23)18-7-11-3-12(8-18)5-13(4-11)9-18/h1-2,6,10-13,22H,3-5,7-9H2,(H,20,23)/p-1/b19-10-. The second-order valence-electron chi connectivity index (χ2n) is 7.88. The molecule has 5 rings (SSSR count). The molecule has 7 heteroatoms. The second-order valence-corrected chi connectivity index (χ2v) is 7.88. The van der Waals surface area contributed by atoms with Crippen molar-refractivity contribution in [1.29, 1.82) is 0 Å². The highest BCUT2D eigenvalue weighted by molar-refractivity contribution is 5.87. The van der Waals surface area contributed by atoms with Gasteiger partial charge in [0.05, 0.1) is 16.6 Å². The summed E-state index contributed by atoms with van der Waals surface area (Å²) in [4.78, 5) is 23.0. The third-order valence-electron chi connectivity index (χ3n) is 6.09. The molecule has 1 aromatic rings. The Bertz CT molecular complexity index is 723. The molecule has 4 aliphatic rings. The van der Waals surface area contributed by atoms with E-state index in [1.165, 1.54) is 31.5 Å². The number of carbonyl (C=O) groups excluding carboxylic acids is 1. The molecule has 4 bridgehead atoms. The van der Waals surface area contributed by atoms with Crippen LogP contribution >= 0.6 is 0 Å². The van der Waals surface area contributed by atoms with Crippen LogP contribution in [0.3, 0.4) is 0 Å². The molecule has 0 aromatic heterocycles. The molecule has 0 radical (unpaired) electrons. The average Bonchev–Trinajstić information content (AvgIpc) is 2.55. The van der Waals surface area contributed by atoms with Crippen LogP contribution in [0.4, 0.5) is 5.69 Å². The minimum Gasteiger partial charge on any atom is -0.872 e. The lowest BCUT2D eigenvalue weighted by Gasteiger charge is -2.55. The van der Waals surface area contributed by atoms with E-state index in [-0.39, 0.29) is 28.3 Å². The van der Waals surface area contributed by atoms with Crippen molar-refractivity contribution in [3.63, 3.8) is 0 Å². The third kappa shape index (κ3) is 2.88. The van der Waals surface area contributed by atoms with Gasteiger partial charge in [-0.3, -0.25) is 14.9 Å². The highest BCUT2D eigenvalue weighted by Gasteiger charge is 2.54. The summed E-state index contributed by atoms with van der Waals surface area (Å²) >= 11 is 0. The first-order valence-corrected chi connectivity index (χ1v) is 8.74. The number of nitro groups is 1. The first kappa shape index (κ1) is 16.1. The molecule has 1 N–H and O–H groups in total. The van der Waals surface area contributed by atoms with E-state index >= 15 is 0 Å². The van der Waals surface area contributed by atoms with Crippen LogP contribution in [0.1, 0.15) is 44.1 Å². The van der Waals surface area contributed by atoms with E-state index in [0.29, 0.717) is 17.8 Å². The number of hydrogen-bond donors (Lipinski definition) is 1. The predicted molar refractivity (Wildman–Crippen MR) is 88.9 cm³/mol. The van der Waals surface area contributed by atoms with Crippen molar-refractivity contribution in [2.24, 2.45) is 28.3 Å². The van der Waals surface area contributed by atoms with E-state index in [1.54, 1.807) is 0 Å². The summed E-state index contributed by atoms with van der Waals surface area (Å²) in [6.07, 6.45) is 7.76. The fourth-order valence-electron chi connectivity index (χ4n) is 5.42. The zero-order chi connectivity index (χ0) is 17.6. The Balaban J connectivity index is 1.46. The van der Waals surface area contributed by atoms with Crippen LogP contribution in [0.5, 0.6) is 5.75 Å². The van der Waals surface area contributed by atoms with Crippen molar-refractivity contribution < 1.29 is 14.8 Å². The molecular formula is C18H20N3O4-. The number of benzene rings is 1. The first-order chi connectivity index (χ1) is 11.9. The summed E-state index contributed by atoms with van der Waals surface area (Å²) in [6, 6.07) is 3.47. The van der Waals surface area contributed by atoms with Gasteiger partial charge >= 0.3 is 0 Å². The van der Waals surface area contributed by atoms with Gasteiger partial charge in [-0.25, -0.2) is 5.43 Å². The summed E-state index contributed by atoms with van der Waals surface area (Å²) in [5, 5.41) is 26.5. The maximum absolute atomic E-state index is 12.7. The molecule has 4 saturated carbocycles. The topological polar surface area (TPSA) is 108 Å². The van der Waals surface area contributed by atoms with Crippen LogP contribution in [-0.4, -0.2) is 17.0 Å². The lowest BCUT2D eigenvalue weighted by molar-refractivity contribution is -0.385. The van der Waals surface area contributed by atoms with Crippen LogP contribution in [-0.2, 0) is 4.79 Å². The van der Waals surface area contributed by atoms with Crippen LogP contribution in [0.2, 0.25) is 0 Å². The highest BCUT2D eigenvalue weighted by Crippen LogP contribution is 2.60. The number of carbonyl (C=O) groups is 1. The Morgan fingerprint density at radius 3 is 2.36 bits per heavy atom. The van der Waals surface area contributed by atoms with Gasteiger partial charge in [0.25, 0.3) is 5.69 Å². The molecule has 25 heavy (non-hydrogen) atoms. The number of hydrazone groups is 1. The normalized spacial score (nSPS) is 32.9. The fourth-order valence-corrected chi connectivity index (χ4v) is 5.42. The number of nitro benzene ring substituents is 1. The van der Waals surface area contributed by atoms with Crippen molar-refractivity contribution in [2.75, 3.05) is 0 Å². The van der Waals surface area contributed by atoms with Gasteiger partial charge in [-0.15, -0.1) is 0 Å². The monoisotopic (exact) mass is 342 g/mol.